The Bertz CT molecular complexity index is 1230. The number of aliphatic hydroxyl groups excluding tert-OH is 1. The van der Waals surface area contributed by atoms with Gasteiger partial charge in [-0.25, -0.2) is 13.2 Å². The van der Waals surface area contributed by atoms with Crippen LogP contribution >= 0.6 is 0 Å². The summed E-state index contributed by atoms with van der Waals surface area (Å²) in [6, 6.07) is 14.7. The van der Waals surface area contributed by atoms with Crippen molar-refractivity contribution >= 4 is 16.1 Å². The van der Waals surface area contributed by atoms with E-state index in [-0.39, 0.29) is 30.3 Å². The zero-order chi connectivity index (χ0) is 31.0. The molecule has 1 aliphatic heterocycles. The second-order valence-corrected chi connectivity index (χ2v) is 13.9. The van der Waals surface area contributed by atoms with Gasteiger partial charge < -0.3 is 29.4 Å². The molecule has 1 amide bonds. The number of rotatable bonds is 14. The topological polar surface area (TPSA) is 124 Å². The molecule has 3 atom stereocenters. The van der Waals surface area contributed by atoms with Gasteiger partial charge >= 0.3 is 6.09 Å². The highest BCUT2D eigenvalue weighted by Gasteiger charge is 2.35. The molecule has 0 bridgehead atoms. The first-order valence-corrected chi connectivity index (χ1v) is 15.8. The van der Waals surface area contributed by atoms with Crippen LogP contribution in [0.3, 0.4) is 0 Å². The first-order valence-electron chi connectivity index (χ1n) is 14.3. The lowest BCUT2D eigenvalue weighted by Crippen LogP contribution is -2.52. The Morgan fingerprint density at radius 2 is 1.69 bits per heavy atom. The quantitative estimate of drug-likeness (QED) is 0.325. The largest absolute Gasteiger partial charge is 0.497 e. The van der Waals surface area contributed by atoms with Crippen molar-refractivity contribution in [3.05, 3.63) is 60.2 Å². The Morgan fingerprint density at radius 1 is 1.07 bits per heavy atom. The van der Waals surface area contributed by atoms with Crippen molar-refractivity contribution in [2.24, 2.45) is 5.92 Å². The third kappa shape index (κ3) is 10.2. The van der Waals surface area contributed by atoms with Gasteiger partial charge in [-0.1, -0.05) is 37.3 Å². The lowest BCUT2D eigenvalue weighted by Gasteiger charge is -2.32. The first-order chi connectivity index (χ1) is 19.7. The van der Waals surface area contributed by atoms with Gasteiger partial charge in [0.2, 0.25) is 10.0 Å². The third-order valence-corrected chi connectivity index (χ3v) is 8.90. The van der Waals surface area contributed by atoms with Gasteiger partial charge in [-0.05, 0) is 76.3 Å². The number of carbonyl (C=O) groups is 1. The lowest BCUT2D eigenvalue weighted by molar-refractivity contribution is -0.149. The van der Waals surface area contributed by atoms with Crippen LogP contribution < -0.4 is 10.1 Å². The second-order valence-electron chi connectivity index (χ2n) is 12.0. The van der Waals surface area contributed by atoms with Crippen molar-refractivity contribution in [1.82, 2.24) is 9.62 Å². The number of ether oxygens (including phenoxy) is 4. The lowest BCUT2D eigenvalue weighted by atomic mass is 10.00. The molecule has 0 aromatic heterocycles. The standard InChI is InChI=1S/C31H46N2O8S/c1-23(16-17-31(5)39-18-19-40-31)21-33(42(36,37)26-14-12-25(38-6)13-15-26)22-28(34)27(20-24-10-8-7-9-11-24)32-29(35)41-30(2,3)4/h7-15,23,27-28,34H,16-22H2,1-6H3,(H,32,35). The molecule has 1 aliphatic rings. The number of amides is 1. The van der Waals surface area contributed by atoms with E-state index in [0.29, 0.717) is 31.8 Å². The van der Waals surface area contributed by atoms with Crippen LogP contribution in [0.25, 0.3) is 0 Å². The number of hydrogen-bond acceptors (Lipinski definition) is 8. The number of methoxy groups -OCH3 is 1. The zero-order valence-electron chi connectivity index (χ0n) is 25.5. The van der Waals surface area contributed by atoms with Crippen molar-refractivity contribution < 1.29 is 37.3 Å². The fraction of sp³-hybridized carbons (Fsp3) is 0.581. The van der Waals surface area contributed by atoms with Crippen molar-refractivity contribution in [1.29, 1.82) is 0 Å². The SMILES string of the molecule is COc1ccc(S(=O)(=O)N(CC(C)CCC2(C)OCCO2)CC(O)C(Cc2ccccc2)NC(=O)OC(C)(C)C)cc1. The summed E-state index contributed by atoms with van der Waals surface area (Å²) in [6.07, 6.45) is -0.406. The first kappa shape index (κ1) is 33.8. The number of hydrogen-bond donors (Lipinski definition) is 2. The molecule has 11 heteroatoms. The van der Waals surface area contributed by atoms with Gasteiger partial charge in [0.05, 0.1) is 37.4 Å². The zero-order valence-corrected chi connectivity index (χ0v) is 26.4. The number of benzene rings is 2. The van der Waals surface area contributed by atoms with Crippen LogP contribution in [0.4, 0.5) is 4.79 Å². The number of alkyl carbamates (subject to hydrolysis) is 1. The molecule has 1 heterocycles. The molecular formula is C31H46N2O8S. The molecular weight excluding hydrogens is 560 g/mol. The average Bonchev–Trinajstić information content (AvgIpc) is 3.37. The molecule has 1 fully saturated rings. The smallest absolute Gasteiger partial charge is 0.407 e. The molecule has 234 valence electrons. The summed E-state index contributed by atoms with van der Waals surface area (Å²) >= 11 is 0. The molecule has 2 N–H and O–H groups in total. The summed E-state index contributed by atoms with van der Waals surface area (Å²) in [5.74, 6) is -0.240. The summed E-state index contributed by atoms with van der Waals surface area (Å²) < 4.78 is 51.2. The molecule has 0 spiro atoms. The Labute approximate surface area is 250 Å². The van der Waals surface area contributed by atoms with E-state index in [9.17, 15) is 18.3 Å². The summed E-state index contributed by atoms with van der Waals surface area (Å²) in [6.45, 7) is 10.1. The molecule has 0 radical (unpaired) electrons. The molecule has 1 saturated heterocycles. The predicted molar refractivity (Wildman–Crippen MR) is 160 cm³/mol. The van der Waals surface area contributed by atoms with E-state index < -0.39 is 39.7 Å². The van der Waals surface area contributed by atoms with E-state index in [2.05, 4.69) is 5.32 Å². The van der Waals surface area contributed by atoms with Gasteiger partial charge in [0.25, 0.3) is 0 Å². The molecule has 3 unspecified atom stereocenters. The number of aliphatic hydroxyl groups is 1. The van der Waals surface area contributed by atoms with E-state index in [4.69, 9.17) is 18.9 Å². The van der Waals surface area contributed by atoms with Crippen LogP contribution in [-0.2, 0) is 30.7 Å². The van der Waals surface area contributed by atoms with Gasteiger partial charge in [-0.3, -0.25) is 0 Å². The molecule has 10 nitrogen and oxygen atoms in total. The van der Waals surface area contributed by atoms with Crippen molar-refractivity contribution in [2.75, 3.05) is 33.4 Å². The van der Waals surface area contributed by atoms with Gasteiger partial charge in [0.15, 0.2) is 5.79 Å². The molecule has 42 heavy (non-hydrogen) atoms. The molecule has 3 rings (SSSR count). The van der Waals surface area contributed by atoms with Gasteiger partial charge in [0, 0.05) is 19.5 Å². The van der Waals surface area contributed by atoms with Crippen molar-refractivity contribution in [3.8, 4) is 5.75 Å². The van der Waals surface area contributed by atoms with Crippen LogP contribution in [0.15, 0.2) is 59.5 Å². The van der Waals surface area contributed by atoms with Crippen molar-refractivity contribution in [2.45, 2.75) is 82.3 Å². The Balaban J connectivity index is 1.85. The van der Waals surface area contributed by atoms with Crippen LogP contribution in [-0.4, -0.2) is 80.9 Å². The van der Waals surface area contributed by atoms with Crippen LogP contribution in [0.2, 0.25) is 0 Å². The maximum Gasteiger partial charge on any atom is 0.407 e. The number of nitrogens with zero attached hydrogens (tertiary/aromatic N) is 1. The normalized spacial score (nSPS) is 17.4. The van der Waals surface area contributed by atoms with Gasteiger partial charge in [-0.2, -0.15) is 4.31 Å². The summed E-state index contributed by atoms with van der Waals surface area (Å²) in [5, 5.41) is 14.3. The van der Waals surface area contributed by atoms with Crippen molar-refractivity contribution in [3.63, 3.8) is 0 Å². The molecule has 0 aliphatic carbocycles. The van der Waals surface area contributed by atoms with Crippen LogP contribution in [0.5, 0.6) is 5.75 Å². The summed E-state index contributed by atoms with van der Waals surface area (Å²) in [7, 11) is -2.51. The van der Waals surface area contributed by atoms with E-state index in [0.717, 1.165) is 5.56 Å². The highest BCUT2D eigenvalue weighted by atomic mass is 32.2. The van der Waals surface area contributed by atoms with Crippen LogP contribution in [0.1, 0.15) is 53.0 Å². The summed E-state index contributed by atoms with van der Waals surface area (Å²) in [4.78, 5) is 12.8. The minimum Gasteiger partial charge on any atom is -0.497 e. The van der Waals surface area contributed by atoms with E-state index in [1.807, 2.05) is 44.2 Å². The summed E-state index contributed by atoms with van der Waals surface area (Å²) in [5.41, 5.74) is 0.134. The van der Waals surface area contributed by atoms with Gasteiger partial charge in [0.1, 0.15) is 11.4 Å². The fourth-order valence-electron chi connectivity index (χ4n) is 4.76. The van der Waals surface area contributed by atoms with Crippen LogP contribution in [0, 0.1) is 5.92 Å². The minimum atomic E-state index is -4.02. The Kier molecular flexibility index (Phi) is 11.8. The Hall–Kier alpha value is -2.70. The predicted octanol–water partition coefficient (Wildman–Crippen LogP) is 4.36. The average molecular weight is 607 g/mol. The highest BCUT2D eigenvalue weighted by molar-refractivity contribution is 7.89. The monoisotopic (exact) mass is 606 g/mol. The molecule has 0 saturated carbocycles. The minimum absolute atomic E-state index is 0.0804. The molecule has 2 aromatic carbocycles. The van der Waals surface area contributed by atoms with Gasteiger partial charge in [-0.15, -0.1) is 0 Å². The number of nitrogens with one attached hydrogen (secondary N) is 1. The van der Waals surface area contributed by atoms with E-state index in [1.54, 1.807) is 32.9 Å². The highest BCUT2D eigenvalue weighted by Crippen LogP contribution is 2.28. The van der Waals surface area contributed by atoms with E-state index in [1.165, 1.54) is 23.5 Å². The number of carbonyl (C=O) groups excluding carboxylic acids is 1. The molecule has 2 aromatic rings. The second kappa shape index (κ2) is 14.7. The maximum absolute atomic E-state index is 13.9. The van der Waals surface area contributed by atoms with E-state index >= 15 is 0 Å². The maximum atomic E-state index is 13.9. The fourth-order valence-corrected chi connectivity index (χ4v) is 6.34. The Morgan fingerprint density at radius 3 is 2.26 bits per heavy atom. The third-order valence-electron chi connectivity index (χ3n) is 7.06. The number of sulfonamides is 1.